The zero-order valence-corrected chi connectivity index (χ0v) is 28.1. The van der Waals surface area contributed by atoms with Gasteiger partial charge in [-0.15, -0.1) is 24.9 Å². The van der Waals surface area contributed by atoms with E-state index in [0.29, 0.717) is 19.5 Å². The van der Waals surface area contributed by atoms with Crippen LogP contribution in [0, 0.1) is 31.6 Å². The number of amides is 3. The zero-order valence-electron chi connectivity index (χ0n) is 27.2. The molecule has 3 aliphatic rings. The first kappa shape index (κ1) is 33.0. The average Bonchev–Trinajstić information content (AvgIpc) is 3.58. The van der Waals surface area contributed by atoms with Gasteiger partial charge in [-0.2, -0.15) is 0 Å². The van der Waals surface area contributed by atoms with Gasteiger partial charge in [-0.25, -0.2) is 0 Å². The Morgan fingerprint density at radius 2 is 1.76 bits per heavy atom. The molecule has 2 aromatic carbocycles. The highest BCUT2D eigenvalue weighted by atomic mass is 32.2. The van der Waals surface area contributed by atoms with E-state index in [1.165, 1.54) is 0 Å². The van der Waals surface area contributed by atoms with Crippen molar-refractivity contribution < 1.29 is 19.5 Å². The molecule has 3 saturated heterocycles. The van der Waals surface area contributed by atoms with Crippen molar-refractivity contribution in [1.29, 1.82) is 0 Å². The second kappa shape index (κ2) is 12.8. The van der Waals surface area contributed by atoms with Gasteiger partial charge in [0.1, 0.15) is 6.04 Å². The summed E-state index contributed by atoms with van der Waals surface area (Å²) in [5, 5.41) is 10.7. The molecule has 3 fully saturated rings. The Bertz CT molecular complexity index is 1480. The maximum atomic E-state index is 15.1. The lowest BCUT2D eigenvalue weighted by Gasteiger charge is -2.41. The fourth-order valence-electron chi connectivity index (χ4n) is 7.98. The number of benzene rings is 2. The minimum atomic E-state index is -0.832. The second-order valence-corrected chi connectivity index (χ2v) is 15.4. The van der Waals surface area contributed by atoms with Gasteiger partial charge >= 0.3 is 0 Å². The average molecular weight is 630 g/mol. The van der Waals surface area contributed by atoms with Gasteiger partial charge in [0.25, 0.3) is 5.91 Å². The van der Waals surface area contributed by atoms with Crippen molar-refractivity contribution in [2.75, 3.05) is 24.6 Å². The first-order valence-corrected chi connectivity index (χ1v) is 16.8. The van der Waals surface area contributed by atoms with Crippen LogP contribution in [-0.4, -0.2) is 73.9 Å². The zero-order chi connectivity index (χ0) is 32.7. The smallest absolute Gasteiger partial charge is 0.251 e. The van der Waals surface area contributed by atoms with Crippen LogP contribution in [-0.2, 0) is 20.9 Å². The summed E-state index contributed by atoms with van der Waals surface area (Å²) >= 11 is 1.66. The lowest BCUT2D eigenvalue weighted by Crippen LogP contribution is -2.58. The normalized spacial score (nSPS) is 27.4. The third-order valence-electron chi connectivity index (χ3n) is 10.1. The van der Waals surface area contributed by atoms with Crippen LogP contribution in [0.4, 0.5) is 5.69 Å². The van der Waals surface area contributed by atoms with Gasteiger partial charge in [0.15, 0.2) is 0 Å². The van der Waals surface area contributed by atoms with Crippen molar-refractivity contribution in [3.8, 4) is 0 Å². The van der Waals surface area contributed by atoms with Crippen molar-refractivity contribution in [2.45, 2.75) is 75.6 Å². The molecule has 1 N–H and O–H groups in total. The summed E-state index contributed by atoms with van der Waals surface area (Å²) in [6.45, 7) is 18.7. The molecule has 8 heteroatoms. The molecule has 3 amide bonds. The Balaban J connectivity index is 1.62. The number of aliphatic hydroxyl groups excluding tert-OH is 1. The fourth-order valence-corrected chi connectivity index (χ4v) is 10.3. The number of carbonyl (C=O) groups excluding carboxylic acids is 3. The number of hydrogen-bond donors (Lipinski definition) is 1. The summed E-state index contributed by atoms with van der Waals surface area (Å²) in [4.78, 5) is 49.8. The minimum absolute atomic E-state index is 0.0794. The number of aliphatic hydroxyl groups is 1. The lowest BCUT2D eigenvalue weighted by molar-refractivity contribution is -0.147. The lowest BCUT2D eigenvalue weighted by atomic mass is 9.66. The van der Waals surface area contributed by atoms with Gasteiger partial charge in [0.2, 0.25) is 11.8 Å². The van der Waals surface area contributed by atoms with Gasteiger partial charge in [-0.05, 0) is 62.3 Å². The molecule has 2 bridgehead atoms. The third kappa shape index (κ3) is 5.54. The molecular formula is C37H47N3O4S. The molecule has 3 aliphatic heterocycles. The van der Waals surface area contributed by atoms with E-state index >= 15 is 4.79 Å². The van der Waals surface area contributed by atoms with Gasteiger partial charge in [0.05, 0.1) is 29.2 Å². The van der Waals surface area contributed by atoms with Crippen molar-refractivity contribution in [1.82, 2.24) is 9.80 Å². The van der Waals surface area contributed by atoms with Crippen LogP contribution >= 0.6 is 11.8 Å². The van der Waals surface area contributed by atoms with E-state index in [9.17, 15) is 14.7 Å². The predicted molar refractivity (Wildman–Crippen MR) is 182 cm³/mol. The Morgan fingerprint density at radius 3 is 2.38 bits per heavy atom. The summed E-state index contributed by atoms with van der Waals surface area (Å²) in [5.41, 5.74) is 3.77. The predicted octanol–water partition coefficient (Wildman–Crippen LogP) is 5.54. The molecule has 240 valence electrons. The Morgan fingerprint density at radius 1 is 1.07 bits per heavy atom. The first-order valence-electron chi connectivity index (χ1n) is 16.0. The Hall–Kier alpha value is -3.36. The molecule has 0 saturated carbocycles. The maximum absolute atomic E-state index is 15.1. The van der Waals surface area contributed by atoms with E-state index in [1.807, 2.05) is 76.2 Å². The molecule has 3 heterocycles. The van der Waals surface area contributed by atoms with Crippen molar-refractivity contribution >= 4 is 35.2 Å². The number of rotatable bonds is 12. The number of anilines is 1. The van der Waals surface area contributed by atoms with E-state index in [4.69, 9.17) is 0 Å². The van der Waals surface area contributed by atoms with Gasteiger partial charge in [0, 0.05) is 30.1 Å². The van der Waals surface area contributed by atoms with Crippen molar-refractivity contribution in [2.24, 2.45) is 17.8 Å². The Labute approximate surface area is 272 Å². The van der Waals surface area contributed by atoms with Gasteiger partial charge in [-0.3, -0.25) is 14.4 Å². The van der Waals surface area contributed by atoms with Gasteiger partial charge in [-0.1, -0.05) is 68.5 Å². The molecule has 0 aliphatic carbocycles. The van der Waals surface area contributed by atoms with E-state index in [1.54, 1.807) is 38.6 Å². The number of hydrogen-bond acceptors (Lipinski definition) is 5. The number of carbonyl (C=O) groups is 3. The summed E-state index contributed by atoms with van der Waals surface area (Å²) in [6.07, 6.45) is 4.81. The number of likely N-dealkylation sites (tertiary alicyclic amines) is 1. The van der Waals surface area contributed by atoms with Crippen LogP contribution in [0.2, 0.25) is 0 Å². The van der Waals surface area contributed by atoms with E-state index in [2.05, 4.69) is 20.1 Å². The quantitative estimate of drug-likeness (QED) is 0.312. The summed E-state index contributed by atoms with van der Waals surface area (Å²) in [5.74, 6) is -1.84. The Kier molecular flexibility index (Phi) is 9.39. The summed E-state index contributed by atoms with van der Waals surface area (Å²) in [6, 6.07) is 14.5. The van der Waals surface area contributed by atoms with Crippen LogP contribution in [0.3, 0.4) is 0 Å². The molecule has 2 unspecified atom stereocenters. The van der Waals surface area contributed by atoms with Crippen LogP contribution < -0.4 is 4.90 Å². The molecule has 5 rings (SSSR count). The highest BCUT2D eigenvalue weighted by Crippen LogP contribution is 2.72. The number of aryl methyl sites for hydroxylation is 2. The molecule has 0 radical (unpaired) electrons. The number of fused-ring (bicyclic) bond motifs is 1. The molecule has 6 atom stereocenters. The van der Waals surface area contributed by atoms with E-state index < -0.39 is 33.4 Å². The standard InChI is InChI=1S/C37H47N3O4S/c1-8-19-38(22-27-13-11-10-12-14-27)33(42)30-31-34(43)40(29(23-41)24(3)4)32(37(31)18-17-36(30,7)45-37)35(44)39(20-9-2)28-21-25(5)15-16-26(28)6/h8-16,21,24,29-32,41H,1-2,17-20,22-23H2,3-7H3/t29-,30-,31-,32?,36+,37?/m0/s1. The monoisotopic (exact) mass is 629 g/mol. The fraction of sp³-hybridized carbons (Fsp3) is 0.486. The number of thioether (sulfide) groups is 1. The SMILES string of the molecule is C=CCN(Cc1ccccc1)C(=O)[C@@H]1[C@H]2C(=O)N([C@@H](CO)C(C)C)C(C(=O)N(CC=C)c3cc(C)ccc3C)C23CC[C@@]1(C)S3. The summed E-state index contributed by atoms with van der Waals surface area (Å²) in [7, 11) is 0. The highest BCUT2D eigenvalue weighted by molar-refractivity contribution is 8.02. The highest BCUT2D eigenvalue weighted by Gasteiger charge is 2.78. The molecular weight excluding hydrogens is 582 g/mol. The molecule has 0 aromatic heterocycles. The van der Waals surface area contributed by atoms with Crippen LogP contribution in [0.25, 0.3) is 0 Å². The van der Waals surface area contributed by atoms with Crippen molar-refractivity contribution in [3.63, 3.8) is 0 Å². The molecule has 1 spiro atoms. The van der Waals surface area contributed by atoms with E-state index in [0.717, 1.165) is 28.8 Å². The summed E-state index contributed by atoms with van der Waals surface area (Å²) < 4.78 is -1.30. The first-order chi connectivity index (χ1) is 21.4. The maximum Gasteiger partial charge on any atom is 0.251 e. The topological polar surface area (TPSA) is 81.2 Å². The van der Waals surface area contributed by atoms with E-state index in [-0.39, 0.29) is 36.8 Å². The van der Waals surface area contributed by atoms with Crippen molar-refractivity contribution in [3.05, 3.63) is 90.5 Å². The molecule has 7 nitrogen and oxygen atoms in total. The largest absolute Gasteiger partial charge is 0.394 e. The molecule has 45 heavy (non-hydrogen) atoms. The van der Waals surface area contributed by atoms with Crippen LogP contribution in [0.15, 0.2) is 73.8 Å². The molecule has 2 aromatic rings. The minimum Gasteiger partial charge on any atom is -0.394 e. The third-order valence-corrected chi connectivity index (χ3v) is 12.1. The second-order valence-electron chi connectivity index (χ2n) is 13.5. The van der Waals surface area contributed by atoms with Crippen LogP contribution in [0.1, 0.15) is 50.3 Å². The van der Waals surface area contributed by atoms with Crippen LogP contribution in [0.5, 0.6) is 0 Å². The number of nitrogens with zero attached hydrogens (tertiary/aromatic N) is 3. The van der Waals surface area contributed by atoms with Gasteiger partial charge < -0.3 is 19.8 Å².